The molecule has 0 aliphatic heterocycles. The Morgan fingerprint density at radius 2 is 2.00 bits per heavy atom. The summed E-state index contributed by atoms with van der Waals surface area (Å²) in [4.78, 5) is 14.3. The van der Waals surface area contributed by atoms with Crippen molar-refractivity contribution in [2.45, 2.75) is 33.2 Å². The largest absolute Gasteiger partial charge is 0.395 e. The second-order valence-corrected chi connectivity index (χ2v) is 5.02. The Bertz CT molecular complexity index is 592. The van der Waals surface area contributed by atoms with Crippen LogP contribution in [0.5, 0.6) is 0 Å². The Hall–Kier alpha value is -2.30. The second-order valence-electron chi connectivity index (χ2n) is 5.02. The third-order valence-corrected chi connectivity index (χ3v) is 3.47. The predicted molar refractivity (Wildman–Crippen MR) is 83.9 cm³/mol. The highest BCUT2D eigenvalue weighted by molar-refractivity contribution is 5.97. The van der Waals surface area contributed by atoms with E-state index in [4.69, 9.17) is 5.73 Å². The van der Waals surface area contributed by atoms with Crippen molar-refractivity contribution in [2.75, 3.05) is 12.3 Å². The number of amides is 1. The van der Waals surface area contributed by atoms with Gasteiger partial charge in [-0.05, 0) is 18.9 Å². The number of hydrogen-bond acceptors (Lipinski definition) is 3. The maximum absolute atomic E-state index is 12.6. The minimum absolute atomic E-state index is 0.127. The fraction of sp³-hybridized carbons (Fsp3) is 0.375. The number of H-pyrrole nitrogens is 1. The highest BCUT2D eigenvalue weighted by atomic mass is 16.2. The van der Waals surface area contributed by atoms with Crippen molar-refractivity contribution in [3.05, 3.63) is 47.3 Å². The Labute approximate surface area is 125 Å². The molecule has 5 nitrogen and oxygen atoms in total. The third-order valence-electron chi connectivity index (χ3n) is 3.47. The molecule has 0 bridgehead atoms. The van der Waals surface area contributed by atoms with Crippen molar-refractivity contribution >= 4 is 11.6 Å². The monoisotopic (exact) mass is 286 g/mol. The molecule has 0 saturated carbocycles. The highest BCUT2D eigenvalue weighted by Gasteiger charge is 2.21. The summed E-state index contributed by atoms with van der Waals surface area (Å²) in [7, 11) is 0. The summed E-state index contributed by atoms with van der Waals surface area (Å²) in [5, 5.41) is 6.98. The average Bonchev–Trinajstić information content (AvgIpc) is 2.87. The molecule has 0 unspecified atom stereocenters. The van der Waals surface area contributed by atoms with E-state index in [9.17, 15) is 4.79 Å². The maximum Gasteiger partial charge on any atom is 0.276 e. The van der Waals surface area contributed by atoms with Crippen LogP contribution in [0, 0.1) is 0 Å². The number of nitrogens with one attached hydrogen (secondary N) is 1. The van der Waals surface area contributed by atoms with Crippen LogP contribution in [0.25, 0.3) is 0 Å². The van der Waals surface area contributed by atoms with Crippen molar-refractivity contribution in [2.24, 2.45) is 0 Å². The van der Waals surface area contributed by atoms with E-state index in [-0.39, 0.29) is 5.91 Å². The lowest BCUT2D eigenvalue weighted by Gasteiger charge is -2.20. The number of nitrogens with zero attached hydrogens (tertiary/aromatic N) is 2. The van der Waals surface area contributed by atoms with Crippen molar-refractivity contribution in [3.8, 4) is 0 Å². The molecule has 21 heavy (non-hydrogen) atoms. The van der Waals surface area contributed by atoms with E-state index in [1.54, 1.807) is 4.90 Å². The number of rotatable bonds is 6. The van der Waals surface area contributed by atoms with Gasteiger partial charge in [0.25, 0.3) is 5.91 Å². The smallest absolute Gasteiger partial charge is 0.276 e. The van der Waals surface area contributed by atoms with Gasteiger partial charge in [0.2, 0.25) is 0 Å². The van der Waals surface area contributed by atoms with Crippen LogP contribution in [0.3, 0.4) is 0 Å². The zero-order valence-electron chi connectivity index (χ0n) is 12.6. The van der Waals surface area contributed by atoms with E-state index in [2.05, 4.69) is 17.1 Å². The van der Waals surface area contributed by atoms with Crippen molar-refractivity contribution in [3.63, 3.8) is 0 Å². The number of carbonyl (C=O) groups is 1. The molecule has 0 aliphatic carbocycles. The Morgan fingerprint density at radius 3 is 2.62 bits per heavy atom. The van der Waals surface area contributed by atoms with E-state index in [0.717, 1.165) is 24.1 Å². The Balaban J connectivity index is 2.16. The molecule has 2 rings (SSSR count). The molecular weight excluding hydrogens is 264 g/mol. The number of hydrogen-bond donors (Lipinski definition) is 2. The zero-order chi connectivity index (χ0) is 15.2. The number of nitrogens with two attached hydrogens (primary N) is 1. The van der Waals surface area contributed by atoms with Gasteiger partial charge in [0.1, 0.15) is 0 Å². The fourth-order valence-corrected chi connectivity index (χ4v) is 2.27. The van der Waals surface area contributed by atoms with Gasteiger partial charge in [0.15, 0.2) is 5.69 Å². The van der Waals surface area contributed by atoms with Crippen molar-refractivity contribution < 1.29 is 4.79 Å². The van der Waals surface area contributed by atoms with E-state index in [0.29, 0.717) is 24.5 Å². The molecule has 0 atom stereocenters. The predicted octanol–water partition coefficient (Wildman–Crippen LogP) is 2.61. The molecule has 1 aromatic carbocycles. The highest BCUT2D eigenvalue weighted by Crippen LogP contribution is 2.18. The average molecular weight is 286 g/mol. The summed E-state index contributed by atoms with van der Waals surface area (Å²) in [6.45, 7) is 5.20. The summed E-state index contributed by atoms with van der Waals surface area (Å²) >= 11 is 0. The molecule has 1 amide bonds. The van der Waals surface area contributed by atoms with E-state index >= 15 is 0 Å². The Morgan fingerprint density at radius 1 is 1.29 bits per heavy atom. The SMILES string of the molecule is CCCc1[nH]nc(C(=O)N(CC)Cc2ccccc2)c1N. The zero-order valence-corrected chi connectivity index (χ0v) is 12.6. The topological polar surface area (TPSA) is 75.0 Å². The first-order valence-electron chi connectivity index (χ1n) is 7.33. The van der Waals surface area contributed by atoms with Crippen LogP contribution < -0.4 is 5.73 Å². The van der Waals surface area contributed by atoms with Crippen LogP contribution in [0.1, 0.15) is 42.0 Å². The van der Waals surface area contributed by atoms with Crippen molar-refractivity contribution in [1.29, 1.82) is 0 Å². The molecule has 5 heteroatoms. The van der Waals surface area contributed by atoms with Gasteiger partial charge in [-0.1, -0.05) is 43.7 Å². The minimum atomic E-state index is -0.127. The van der Waals surface area contributed by atoms with Crippen LogP contribution in [-0.2, 0) is 13.0 Å². The second kappa shape index (κ2) is 6.92. The van der Waals surface area contributed by atoms with Gasteiger partial charge >= 0.3 is 0 Å². The molecule has 3 N–H and O–H groups in total. The Kier molecular flexibility index (Phi) is 4.98. The number of aromatic amines is 1. The minimum Gasteiger partial charge on any atom is -0.395 e. The van der Waals surface area contributed by atoms with Crippen LogP contribution in [0.15, 0.2) is 30.3 Å². The lowest BCUT2D eigenvalue weighted by molar-refractivity contribution is 0.0747. The number of benzene rings is 1. The number of carbonyl (C=O) groups excluding carboxylic acids is 1. The molecule has 0 fully saturated rings. The molecule has 0 saturated heterocycles. The van der Waals surface area contributed by atoms with Gasteiger partial charge < -0.3 is 10.6 Å². The lowest BCUT2D eigenvalue weighted by atomic mass is 10.1. The van der Waals surface area contributed by atoms with Crippen LogP contribution >= 0.6 is 0 Å². The summed E-state index contributed by atoms with van der Waals surface area (Å²) < 4.78 is 0. The molecule has 1 heterocycles. The first-order chi connectivity index (χ1) is 10.2. The molecule has 0 spiro atoms. The van der Waals surface area contributed by atoms with Gasteiger partial charge in [-0.3, -0.25) is 9.89 Å². The van der Waals surface area contributed by atoms with Crippen LogP contribution in [-0.4, -0.2) is 27.5 Å². The quantitative estimate of drug-likeness (QED) is 0.857. The van der Waals surface area contributed by atoms with E-state index < -0.39 is 0 Å². The number of nitrogen functional groups attached to an aromatic ring is 1. The molecule has 0 radical (unpaired) electrons. The molecule has 1 aromatic heterocycles. The number of aromatic nitrogens is 2. The van der Waals surface area contributed by atoms with Gasteiger partial charge in [-0.2, -0.15) is 5.10 Å². The standard InChI is InChI=1S/C16H22N4O/c1-3-8-13-14(17)15(19-18-13)16(21)20(4-2)11-12-9-6-5-7-10-12/h5-7,9-10H,3-4,8,11,17H2,1-2H3,(H,18,19). The summed E-state index contributed by atoms with van der Waals surface area (Å²) in [5.74, 6) is -0.127. The van der Waals surface area contributed by atoms with Crippen LogP contribution in [0.2, 0.25) is 0 Å². The molecular formula is C16H22N4O. The summed E-state index contributed by atoms with van der Waals surface area (Å²) in [6, 6.07) is 9.91. The van der Waals surface area contributed by atoms with Gasteiger partial charge in [0, 0.05) is 13.1 Å². The fourth-order valence-electron chi connectivity index (χ4n) is 2.27. The lowest BCUT2D eigenvalue weighted by Crippen LogP contribution is -2.31. The summed E-state index contributed by atoms with van der Waals surface area (Å²) in [5.41, 5.74) is 8.78. The molecule has 0 aliphatic rings. The number of aryl methyl sites for hydroxylation is 1. The van der Waals surface area contributed by atoms with Gasteiger partial charge in [0.05, 0.1) is 11.4 Å². The number of anilines is 1. The summed E-state index contributed by atoms with van der Waals surface area (Å²) in [6.07, 6.45) is 1.76. The van der Waals surface area contributed by atoms with Gasteiger partial charge in [-0.15, -0.1) is 0 Å². The van der Waals surface area contributed by atoms with Gasteiger partial charge in [-0.25, -0.2) is 0 Å². The van der Waals surface area contributed by atoms with Crippen molar-refractivity contribution in [1.82, 2.24) is 15.1 Å². The molecule has 112 valence electrons. The molecule has 2 aromatic rings. The van der Waals surface area contributed by atoms with Crippen LogP contribution in [0.4, 0.5) is 5.69 Å². The van der Waals surface area contributed by atoms with E-state index in [1.165, 1.54) is 0 Å². The first kappa shape index (κ1) is 15.1. The normalized spacial score (nSPS) is 10.6. The van der Waals surface area contributed by atoms with E-state index in [1.807, 2.05) is 37.3 Å². The first-order valence-corrected chi connectivity index (χ1v) is 7.33. The third kappa shape index (κ3) is 3.42. The maximum atomic E-state index is 12.6.